The molecule has 0 aromatic rings. The maximum Gasteiger partial charge on any atom is 0.261 e. The molecule has 0 atom stereocenters. The summed E-state index contributed by atoms with van der Waals surface area (Å²) in [6, 6.07) is 0. The SMILES string of the molecule is CB(C)C#N. The van der Waals surface area contributed by atoms with Crippen LogP contribution in [0.5, 0.6) is 0 Å². The molecule has 0 saturated carbocycles. The van der Waals surface area contributed by atoms with Gasteiger partial charge in [-0.1, -0.05) is 13.6 Å². The fraction of sp³-hybridized carbons (Fsp3) is 0.667. The van der Waals surface area contributed by atoms with Gasteiger partial charge in [0.2, 0.25) is 0 Å². The molecule has 0 amide bonds. The molecule has 0 fully saturated rings. The van der Waals surface area contributed by atoms with Gasteiger partial charge in [-0.3, -0.25) is 0 Å². The van der Waals surface area contributed by atoms with Crippen molar-refractivity contribution in [1.29, 1.82) is 5.26 Å². The molecule has 5 heavy (non-hydrogen) atoms. The van der Waals surface area contributed by atoms with Gasteiger partial charge in [-0.15, -0.1) is 0 Å². The molecule has 0 aromatic carbocycles. The Labute approximate surface area is 32.7 Å². The van der Waals surface area contributed by atoms with Crippen molar-refractivity contribution in [3.05, 3.63) is 0 Å². The van der Waals surface area contributed by atoms with Crippen LogP contribution < -0.4 is 0 Å². The summed E-state index contributed by atoms with van der Waals surface area (Å²) in [6.07, 6.45) is 0. The monoisotopic (exact) mass is 67.1 g/mol. The molecule has 0 aliphatic rings. The minimum Gasteiger partial charge on any atom is -0.213 e. The van der Waals surface area contributed by atoms with Gasteiger partial charge in [0.05, 0.1) is 0 Å². The van der Waals surface area contributed by atoms with Crippen molar-refractivity contribution < 1.29 is 0 Å². The van der Waals surface area contributed by atoms with Gasteiger partial charge in [0.1, 0.15) is 0 Å². The molecule has 0 radical (unpaired) electrons. The van der Waals surface area contributed by atoms with E-state index >= 15 is 0 Å². The summed E-state index contributed by atoms with van der Waals surface area (Å²) in [5, 5.41) is 7.89. The summed E-state index contributed by atoms with van der Waals surface area (Å²) in [7, 11) is 0. The standard InChI is InChI=1S/C3H6BN/c1-4(2)3-5/h1-2H3. The van der Waals surface area contributed by atoms with Crippen molar-refractivity contribution in [2.45, 2.75) is 13.6 Å². The van der Waals surface area contributed by atoms with Crippen LogP contribution in [0, 0.1) is 11.2 Å². The summed E-state index contributed by atoms with van der Waals surface area (Å²) >= 11 is 0. The van der Waals surface area contributed by atoms with Crippen molar-refractivity contribution in [3.8, 4) is 5.97 Å². The van der Waals surface area contributed by atoms with Gasteiger partial charge in [0.25, 0.3) is 6.71 Å². The first-order valence-corrected chi connectivity index (χ1v) is 1.67. The Hall–Kier alpha value is -0.445. The Morgan fingerprint density at radius 1 is 1.60 bits per heavy atom. The minimum atomic E-state index is 0.190. The molecule has 0 rings (SSSR count). The van der Waals surface area contributed by atoms with E-state index in [0.29, 0.717) is 0 Å². The highest BCUT2D eigenvalue weighted by atomic mass is 14.2. The summed E-state index contributed by atoms with van der Waals surface area (Å²) in [5.74, 6) is 2.03. The maximum absolute atomic E-state index is 7.89. The smallest absolute Gasteiger partial charge is 0.213 e. The van der Waals surface area contributed by atoms with Crippen molar-refractivity contribution in [2.75, 3.05) is 0 Å². The second-order valence-electron chi connectivity index (χ2n) is 1.28. The molecule has 0 unspecified atom stereocenters. The first kappa shape index (κ1) is 4.55. The van der Waals surface area contributed by atoms with Crippen molar-refractivity contribution in [2.24, 2.45) is 0 Å². The lowest BCUT2D eigenvalue weighted by molar-refractivity contribution is 1.55. The van der Waals surface area contributed by atoms with E-state index in [-0.39, 0.29) is 6.71 Å². The highest BCUT2D eigenvalue weighted by Crippen LogP contribution is 1.67. The number of rotatable bonds is 0. The predicted octanol–water partition coefficient (Wildman–Crippen LogP) is 0.804. The first-order valence-electron chi connectivity index (χ1n) is 1.67. The lowest BCUT2D eigenvalue weighted by Gasteiger charge is -1.67. The molecule has 0 aliphatic heterocycles. The van der Waals surface area contributed by atoms with Crippen LogP contribution in [0.15, 0.2) is 0 Å². The molecule has 0 N–H and O–H groups in total. The molecule has 2 heteroatoms. The maximum atomic E-state index is 7.89. The zero-order chi connectivity index (χ0) is 4.28. The summed E-state index contributed by atoms with van der Waals surface area (Å²) in [5.41, 5.74) is 0. The third-order valence-corrected chi connectivity index (χ3v) is 0.258. The Morgan fingerprint density at radius 2 is 1.80 bits per heavy atom. The Morgan fingerprint density at radius 3 is 1.80 bits per heavy atom. The lowest BCUT2D eigenvalue weighted by atomic mass is 9.57. The van der Waals surface area contributed by atoms with E-state index < -0.39 is 0 Å². The molecule has 0 aliphatic carbocycles. The molecule has 0 saturated heterocycles. The second kappa shape index (κ2) is 1.84. The number of nitrogens with zero attached hydrogens (tertiary/aromatic N) is 1. The fourth-order valence-electron chi connectivity index (χ4n) is 0. The largest absolute Gasteiger partial charge is 0.261 e. The van der Waals surface area contributed by atoms with E-state index in [1.54, 1.807) is 0 Å². The van der Waals surface area contributed by atoms with Gasteiger partial charge in [0.15, 0.2) is 0 Å². The van der Waals surface area contributed by atoms with Crippen LogP contribution in [0.25, 0.3) is 0 Å². The molecule has 1 nitrogen and oxygen atoms in total. The molecule has 0 heterocycles. The van der Waals surface area contributed by atoms with E-state index in [9.17, 15) is 0 Å². The van der Waals surface area contributed by atoms with E-state index in [1.807, 2.05) is 19.6 Å². The van der Waals surface area contributed by atoms with Gasteiger partial charge < -0.3 is 0 Å². The van der Waals surface area contributed by atoms with E-state index in [1.165, 1.54) is 0 Å². The van der Waals surface area contributed by atoms with Crippen LogP contribution >= 0.6 is 0 Å². The summed E-state index contributed by atoms with van der Waals surface area (Å²) in [6.45, 7) is 3.91. The van der Waals surface area contributed by atoms with Crippen molar-refractivity contribution >= 4 is 6.71 Å². The van der Waals surface area contributed by atoms with Gasteiger partial charge >= 0.3 is 0 Å². The zero-order valence-electron chi connectivity index (χ0n) is 3.52. The highest BCUT2D eigenvalue weighted by Gasteiger charge is 1.87. The molecule has 0 spiro atoms. The molecular weight excluding hydrogens is 60.9 g/mol. The van der Waals surface area contributed by atoms with Crippen LogP contribution in [0.4, 0.5) is 0 Å². The molecule has 0 bridgehead atoms. The fourth-order valence-corrected chi connectivity index (χ4v) is 0. The second-order valence-corrected chi connectivity index (χ2v) is 1.28. The Kier molecular flexibility index (Phi) is 1.67. The Bertz CT molecular complexity index is 52.4. The van der Waals surface area contributed by atoms with Crippen LogP contribution in [0.1, 0.15) is 0 Å². The Balaban J connectivity index is 2.94. The first-order chi connectivity index (χ1) is 2.27. The van der Waals surface area contributed by atoms with Crippen molar-refractivity contribution in [1.82, 2.24) is 0 Å². The molecule has 26 valence electrons. The van der Waals surface area contributed by atoms with Crippen LogP contribution in [-0.2, 0) is 0 Å². The predicted molar refractivity (Wildman–Crippen MR) is 23.1 cm³/mol. The van der Waals surface area contributed by atoms with E-state index in [2.05, 4.69) is 0 Å². The van der Waals surface area contributed by atoms with Gasteiger partial charge in [-0.05, 0) is 0 Å². The molecular formula is C3H6BN. The number of hydrogen-bond acceptors (Lipinski definition) is 1. The topological polar surface area (TPSA) is 23.8 Å². The van der Waals surface area contributed by atoms with Gasteiger partial charge in [-0.25, -0.2) is 5.26 Å². The van der Waals surface area contributed by atoms with Gasteiger partial charge in [0, 0.05) is 5.97 Å². The third-order valence-electron chi connectivity index (χ3n) is 0.258. The van der Waals surface area contributed by atoms with E-state index in [0.717, 1.165) is 0 Å². The average molecular weight is 66.9 g/mol. The quantitative estimate of drug-likeness (QED) is 0.384. The lowest BCUT2D eigenvalue weighted by Crippen LogP contribution is -1.90. The van der Waals surface area contributed by atoms with Crippen LogP contribution in [0.3, 0.4) is 0 Å². The summed E-state index contributed by atoms with van der Waals surface area (Å²) < 4.78 is 0. The summed E-state index contributed by atoms with van der Waals surface area (Å²) in [4.78, 5) is 0. The van der Waals surface area contributed by atoms with Crippen LogP contribution in [0.2, 0.25) is 13.6 Å². The average Bonchev–Trinajstić information content (AvgIpc) is 1.38. The van der Waals surface area contributed by atoms with Crippen molar-refractivity contribution in [3.63, 3.8) is 0 Å². The molecule has 0 aromatic heterocycles. The minimum absolute atomic E-state index is 0.190. The normalized spacial score (nSPS) is 5.80. The van der Waals surface area contributed by atoms with Crippen LogP contribution in [-0.4, -0.2) is 6.71 Å². The number of hydrogen-bond donors (Lipinski definition) is 0. The number of nitriles is 1. The van der Waals surface area contributed by atoms with Gasteiger partial charge in [-0.2, -0.15) is 0 Å². The van der Waals surface area contributed by atoms with E-state index in [4.69, 9.17) is 5.26 Å². The third kappa shape index (κ3) is 3.55. The highest BCUT2D eigenvalue weighted by molar-refractivity contribution is 6.64. The zero-order valence-corrected chi connectivity index (χ0v) is 3.52.